The Morgan fingerprint density at radius 3 is 3.00 bits per heavy atom. The molecule has 136 valence electrons. The van der Waals surface area contributed by atoms with Gasteiger partial charge in [0.1, 0.15) is 0 Å². The molecule has 0 radical (unpaired) electrons. The van der Waals surface area contributed by atoms with Crippen molar-refractivity contribution in [2.45, 2.75) is 42.9 Å². The minimum absolute atomic E-state index is 0.0421. The van der Waals surface area contributed by atoms with Gasteiger partial charge < -0.3 is 15.1 Å². The maximum atomic E-state index is 13.0. The second kappa shape index (κ2) is 4.97. The number of benzene rings is 1. The molecule has 6 rings (SSSR count). The van der Waals surface area contributed by atoms with Crippen molar-refractivity contribution in [3.05, 3.63) is 41.5 Å². The fourth-order valence-electron chi connectivity index (χ4n) is 7.20. The molecule has 4 aliphatic heterocycles. The van der Waals surface area contributed by atoms with E-state index in [1.54, 1.807) is 0 Å². The fraction of sp³-hybridized carbons (Fsp3) is 0.571. The van der Waals surface area contributed by atoms with Crippen LogP contribution in [0, 0.1) is 11.8 Å². The van der Waals surface area contributed by atoms with Crippen molar-refractivity contribution in [1.82, 2.24) is 4.90 Å². The molecule has 1 spiro atoms. The third-order valence-electron chi connectivity index (χ3n) is 7.94. The van der Waals surface area contributed by atoms with Crippen molar-refractivity contribution in [3.8, 4) is 0 Å². The van der Waals surface area contributed by atoms with E-state index in [1.165, 1.54) is 11.1 Å². The lowest BCUT2D eigenvalue weighted by molar-refractivity contribution is -0.129. The smallest absolute Gasteiger partial charge is 0.229 e. The Morgan fingerprint density at radius 2 is 2.15 bits per heavy atom. The van der Waals surface area contributed by atoms with Gasteiger partial charge in [-0.3, -0.25) is 9.69 Å². The number of nitrogens with zero attached hydrogens (tertiary/aromatic N) is 2. The minimum atomic E-state index is -0.588. The lowest BCUT2D eigenvalue weighted by atomic mass is 9.53. The molecule has 0 aromatic heterocycles. The lowest BCUT2D eigenvalue weighted by Gasteiger charge is -2.58. The second-order valence-corrected chi connectivity index (χ2v) is 8.65. The Hall–Kier alpha value is -1.69. The highest BCUT2D eigenvalue weighted by atomic mass is 16.3. The normalized spacial score (nSPS) is 44.4. The second-order valence-electron chi connectivity index (χ2n) is 8.65. The third kappa shape index (κ3) is 1.57. The van der Waals surface area contributed by atoms with Gasteiger partial charge in [0.15, 0.2) is 0 Å². The number of amides is 1. The van der Waals surface area contributed by atoms with E-state index in [0.717, 1.165) is 31.6 Å². The van der Waals surface area contributed by atoms with Crippen molar-refractivity contribution in [2.24, 2.45) is 11.8 Å². The van der Waals surface area contributed by atoms with Gasteiger partial charge in [0.2, 0.25) is 5.91 Å². The largest absolute Gasteiger partial charge is 0.392 e. The van der Waals surface area contributed by atoms with Crippen LogP contribution in [0.2, 0.25) is 0 Å². The predicted molar refractivity (Wildman–Crippen MR) is 96.8 cm³/mol. The quantitative estimate of drug-likeness (QED) is 0.742. The average Bonchev–Trinajstić information content (AvgIpc) is 3.17. The number of hydrogen-bond donors (Lipinski definition) is 2. The van der Waals surface area contributed by atoms with Crippen LogP contribution in [-0.4, -0.2) is 58.9 Å². The summed E-state index contributed by atoms with van der Waals surface area (Å²) in [6.45, 7) is 1.96. The molecule has 5 aliphatic rings. The van der Waals surface area contributed by atoms with Crippen molar-refractivity contribution < 1.29 is 15.0 Å². The van der Waals surface area contributed by atoms with Gasteiger partial charge in [-0.15, -0.1) is 0 Å². The van der Waals surface area contributed by atoms with Crippen molar-refractivity contribution in [1.29, 1.82) is 0 Å². The van der Waals surface area contributed by atoms with Crippen LogP contribution in [0.15, 0.2) is 35.9 Å². The Morgan fingerprint density at radius 1 is 1.31 bits per heavy atom. The molecule has 2 bridgehead atoms. The highest BCUT2D eigenvalue weighted by Gasteiger charge is 2.70. The molecule has 4 heterocycles. The first-order chi connectivity index (χ1) is 12.7. The monoisotopic (exact) mass is 352 g/mol. The van der Waals surface area contributed by atoms with E-state index in [4.69, 9.17) is 0 Å². The molecule has 6 atom stereocenters. The van der Waals surface area contributed by atoms with E-state index in [-0.39, 0.29) is 42.2 Å². The molecule has 1 aromatic carbocycles. The molecule has 4 fully saturated rings. The van der Waals surface area contributed by atoms with Crippen LogP contribution in [0.5, 0.6) is 0 Å². The first kappa shape index (κ1) is 15.4. The fourth-order valence-corrected chi connectivity index (χ4v) is 7.20. The van der Waals surface area contributed by atoms with Crippen LogP contribution in [0.4, 0.5) is 5.69 Å². The van der Waals surface area contributed by atoms with Crippen LogP contribution < -0.4 is 4.90 Å². The number of para-hydroxylation sites is 1. The molecular weight excluding hydrogens is 328 g/mol. The number of anilines is 1. The summed E-state index contributed by atoms with van der Waals surface area (Å²) < 4.78 is 0. The van der Waals surface area contributed by atoms with E-state index in [1.807, 2.05) is 17.0 Å². The zero-order valence-electron chi connectivity index (χ0n) is 14.7. The van der Waals surface area contributed by atoms with Crippen LogP contribution in [0.1, 0.15) is 24.8 Å². The van der Waals surface area contributed by atoms with Crippen molar-refractivity contribution >= 4 is 11.6 Å². The Balaban J connectivity index is 1.61. The molecule has 3 saturated heterocycles. The number of aliphatic hydroxyl groups is 2. The number of rotatable bonds is 1. The standard InChI is InChI=1S/C21H24N2O3/c24-8-5-12-11-22-7-6-21-14-3-1-2-4-15(14)23-18(26)10-16(25)19(20(21)23)13(12)9-17(21)22/h1-5,13,16-17,19-20,24-25H,6-11H2/b12-5+/t13-,16+,17-,19+,20+,21-/m0/s1. The number of piperidine rings is 2. The first-order valence-corrected chi connectivity index (χ1v) is 9.80. The van der Waals surface area contributed by atoms with Gasteiger partial charge in [0.25, 0.3) is 0 Å². The van der Waals surface area contributed by atoms with Crippen molar-refractivity contribution in [2.75, 3.05) is 24.6 Å². The average molecular weight is 352 g/mol. The van der Waals surface area contributed by atoms with Gasteiger partial charge in [0, 0.05) is 29.6 Å². The predicted octanol–water partition coefficient (Wildman–Crippen LogP) is 1.05. The molecular formula is C21H24N2O3. The summed E-state index contributed by atoms with van der Waals surface area (Å²) in [6, 6.07) is 8.90. The molecule has 1 saturated carbocycles. The molecule has 2 N–H and O–H groups in total. The number of carbonyl (C=O) groups excluding carboxylic acids is 1. The summed E-state index contributed by atoms with van der Waals surface area (Å²) in [4.78, 5) is 17.6. The molecule has 26 heavy (non-hydrogen) atoms. The highest BCUT2D eigenvalue weighted by molar-refractivity contribution is 5.99. The van der Waals surface area contributed by atoms with E-state index in [2.05, 4.69) is 23.1 Å². The van der Waals surface area contributed by atoms with Crippen LogP contribution >= 0.6 is 0 Å². The zero-order valence-corrected chi connectivity index (χ0v) is 14.7. The maximum Gasteiger partial charge on any atom is 0.229 e. The molecule has 1 amide bonds. The van der Waals surface area contributed by atoms with Gasteiger partial charge >= 0.3 is 0 Å². The minimum Gasteiger partial charge on any atom is -0.392 e. The molecule has 5 nitrogen and oxygen atoms in total. The summed E-state index contributed by atoms with van der Waals surface area (Å²) in [7, 11) is 0. The van der Waals surface area contributed by atoms with E-state index in [0.29, 0.717) is 6.04 Å². The number of aliphatic hydroxyl groups excluding tert-OH is 2. The van der Waals surface area contributed by atoms with Crippen LogP contribution in [0.3, 0.4) is 0 Å². The van der Waals surface area contributed by atoms with E-state index >= 15 is 0 Å². The first-order valence-electron chi connectivity index (χ1n) is 9.80. The summed E-state index contributed by atoms with van der Waals surface area (Å²) >= 11 is 0. The number of carbonyl (C=O) groups is 1. The highest BCUT2D eigenvalue weighted by Crippen LogP contribution is 2.64. The molecule has 1 aromatic rings. The Labute approximate surface area is 152 Å². The summed E-state index contributed by atoms with van der Waals surface area (Å²) in [5.74, 6) is 0.392. The Bertz CT molecular complexity index is 836. The van der Waals surface area contributed by atoms with Crippen LogP contribution in [0.25, 0.3) is 0 Å². The van der Waals surface area contributed by atoms with Gasteiger partial charge in [0.05, 0.1) is 25.2 Å². The summed E-state index contributed by atoms with van der Waals surface area (Å²) in [6.07, 6.45) is 3.64. The van der Waals surface area contributed by atoms with E-state index in [9.17, 15) is 15.0 Å². The maximum absolute atomic E-state index is 13.0. The van der Waals surface area contributed by atoms with E-state index < -0.39 is 6.10 Å². The molecule has 5 heteroatoms. The molecule has 1 aliphatic carbocycles. The Kier molecular flexibility index (Phi) is 2.94. The number of fused-ring (bicyclic) bond motifs is 4. The third-order valence-corrected chi connectivity index (χ3v) is 7.94. The van der Waals surface area contributed by atoms with Crippen molar-refractivity contribution in [3.63, 3.8) is 0 Å². The van der Waals surface area contributed by atoms with Gasteiger partial charge in [-0.25, -0.2) is 0 Å². The summed E-state index contributed by atoms with van der Waals surface area (Å²) in [5.41, 5.74) is 3.60. The van der Waals surface area contributed by atoms with Gasteiger partial charge in [-0.05, 0) is 36.9 Å². The van der Waals surface area contributed by atoms with Gasteiger partial charge in [-0.1, -0.05) is 29.8 Å². The number of hydrogen-bond acceptors (Lipinski definition) is 4. The summed E-state index contributed by atoms with van der Waals surface area (Å²) in [5, 5.41) is 20.5. The topological polar surface area (TPSA) is 64.0 Å². The molecule has 0 unspecified atom stereocenters. The lowest BCUT2D eigenvalue weighted by Crippen LogP contribution is -2.69. The zero-order chi connectivity index (χ0) is 17.6. The SMILES string of the molecule is O=C1C[C@@H](O)[C@H]2[C@H]3C[C@@H]4N(CC[C@]45c4ccccc4N1[C@H]25)C/C3=C\CO. The van der Waals surface area contributed by atoms with Gasteiger partial charge in [-0.2, -0.15) is 0 Å². The van der Waals surface area contributed by atoms with Crippen LogP contribution in [-0.2, 0) is 10.2 Å².